The molecule has 0 bridgehead atoms. The fourth-order valence-corrected chi connectivity index (χ4v) is 2.22. The van der Waals surface area contributed by atoms with Crippen LogP contribution in [0.5, 0.6) is 11.5 Å². The van der Waals surface area contributed by atoms with Crippen LogP contribution in [0.1, 0.15) is 15.9 Å². The van der Waals surface area contributed by atoms with E-state index < -0.39 is 0 Å². The number of nitrogens with zero attached hydrogens (tertiary/aromatic N) is 1. The third kappa shape index (κ3) is 3.54. The number of phenolic OH excluding ortho intramolecular Hbond substituents is 1. The quantitative estimate of drug-likeness (QED) is 0.510. The SMILES string of the molecule is COc1ccc(C(=O)/C(C#N)=C\c2ccc(O)c(Br)c2)cc1. The molecule has 0 radical (unpaired) electrons. The summed E-state index contributed by atoms with van der Waals surface area (Å²) in [5.41, 5.74) is 1.07. The lowest BCUT2D eigenvalue weighted by atomic mass is 10.0. The Morgan fingerprint density at radius 3 is 2.50 bits per heavy atom. The monoisotopic (exact) mass is 357 g/mol. The molecule has 22 heavy (non-hydrogen) atoms. The van der Waals surface area contributed by atoms with Crippen LogP contribution in [0.4, 0.5) is 0 Å². The van der Waals surface area contributed by atoms with Gasteiger partial charge in [-0.2, -0.15) is 5.26 Å². The smallest absolute Gasteiger partial charge is 0.203 e. The fourth-order valence-electron chi connectivity index (χ4n) is 1.83. The number of carbonyl (C=O) groups excluding carboxylic acids is 1. The molecule has 0 aliphatic carbocycles. The minimum atomic E-state index is -0.366. The largest absolute Gasteiger partial charge is 0.507 e. The van der Waals surface area contributed by atoms with Crippen LogP contribution in [0.25, 0.3) is 6.08 Å². The van der Waals surface area contributed by atoms with E-state index in [9.17, 15) is 15.2 Å². The van der Waals surface area contributed by atoms with Crippen molar-refractivity contribution in [3.05, 3.63) is 63.6 Å². The van der Waals surface area contributed by atoms with E-state index in [1.165, 1.54) is 12.1 Å². The van der Waals surface area contributed by atoms with E-state index in [0.29, 0.717) is 21.3 Å². The molecule has 0 fully saturated rings. The van der Waals surface area contributed by atoms with Gasteiger partial charge in [0.15, 0.2) is 0 Å². The van der Waals surface area contributed by atoms with Crippen LogP contribution in [-0.4, -0.2) is 18.0 Å². The molecule has 2 aromatic carbocycles. The molecular weight excluding hydrogens is 346 g/mol. The first-order chi connectivity index (χ1) is 10.5. The Bertz CT molecular complexity index is 773. The first-order valence-electron chi connectivity index (χ1n) is 6.34. The van der Waals surface area contributed by atoms with E-state index in [-0.39, 0.29) is 17.1 Å². The Morgan fingerprint density at radius 1 is 1.27 bits per heavy atom. The topological polar surface area (TPSA) is 70.3 Å². The van der Waals surface area contributed by atoms with Crippen molar-refractivity contribution < 1.29 is 14.6 Å². The second-order valence-electron chi connectivity index (χ2n) is 4.44. The third-order valence-corrected chi connectivity index (χ3v) is 3.64. The number of methoxy groups -OCH3 is 1. The molecule has 0 unspecified atom stereocenters. The molecule has 4 nitrogen and oxygen atoms in total. The zero-order chi connectivity index (χ0) is 16.1. The maximum absolute atomic E-state index is 12.3. The number of aromatic hydroxyl groups is 1. The van der Waals surface area contributed by atoms with Crippen molar-refractivity contribution in [1.29, 1.82) is 5.26 Å². The van der Waals surface area contributed by atoms with E-state index in [1.54, 1.807) is 43.5 Å². The number of benzene rings is 2. The van der Waals surface area contributed by atoms with E-state index in [0.717, 1.165) is 0 Å². The van der Waals surface area contributed by atoms with Crippen LogP contribution >= 0.6 is 15.9 Å². The lowest BCUT2D eigenvalue weighted by molar-refractivity contribution is 0.104. The van der Waals surface area contributed by atoms with E-state index >= 15 is 0 Å². The first-order valence-corrected chi connectivity index (χ1v) is 7.13. The van der Waals surface area contributed by atoms with E-state index in [1.807, 2.05) is 6.07 Å². The summed E-state index contributed by atoms with van der Waals surface area (Å²) >= 11 is 3.19. The van der Waals surface area contributed by atoms with Crippen LogP contribution in [-0.2, 0) is 0 Å². The number of hydrogen-bond donors (Lipinski definition) is 1. The van der Waals surface area contributed by atoms with Gasteiger partial charge in [-0.25, -0.2) is 0 Å². The van der Waals surface area contributed by atoms with Crippen LogP contribution in [0, 0.1) is 11.3 Å². The Hall–Kier alpha value is -2.58. The van der Waals surface area contributed by atoms with Crippen molar-refractivity contribution in [2.45, 2.75) is 0 Å². The standard InChI is InChI=1S/C17H12BrNO3/c1-22-14-5-3-12(4-6-14)17(21)13(10-19)8-11-2-7-16(20)15(18)9-11/h2-9,20H,1H3/b13-8-. The molecule has 0 saturated carbocycles. The van der Waals surface area contributed by atoms with Crippen LogP contribution in [0.15, 0.2) is 52.5 Å². The minimum absolute atomic E-state index is 0.0164. The molecule has 0 aromatic heterocycles. The van der Waals surface area contributed by atoms with Gasteiger partial charge in [0.25, 0.3) is 0 Å². The van der Waals surface area contributed by atoms with E-state index in [2.05, 4.69) is 15.9 Å². The predicted octanol–water partition coefficient (Wildman–Crippen LogP) is 3.95. The summed E-state index contributed by atoms with van der Waals surface area (Å²) < 4.78 is 5.53. The number of nitriles is 1. The Kier molecular flexibility index (Phi) is 4.97. The molecule has 0 aliphatic rings. The highest BCUT2D eigenvalue weighted by atomic mass is 79.9. The number of allylic oxidation sites excluding steroid dienone is 1. The Labute approximate surface area is 136 Å². The lowest BCUT2D eigenvalue weighted by Crippen LogP contribution is -2.01. The normalized spacial score (nSPS) is 10.9. The van der Waals surface area contributed by atoms with E-state index in [4.69, 9.17) is 4.74 Å². The van der Waals surface area contributed by atoms with Gasteiger partial charge in [-0.05, 0) is 64.0 Å². The van der Waals surface area contributed by atoms with Crippen molar-refractivity contribution in [1.82, 2.24) is 0 Å². The second kappa shape index (κ2) is 6.92. The van der Waals surface area contributed by atoms with Gasteiger partial charge in [0.1, 0.15) is 23.1 Å². The van der Waals surface area contributed by atoms with Crippen molar-refractivity contribution in [2.75, 3.05) is 7.11 Å². The van der Waals surface area contributed by atoms with Crippen LogP contribution in [0.2, 0.25) is 0 Å². The fraction of sp³-hybridized carbons (Fsp3) is 0.0588. The summed E-state index contributed by atoms with van der Waals surface area (Å²) in [6.45, 7) is 0. The molecule has 0 aliphatic heterocycles. The summed E-state index contributed by atoms with van der Waals surface area (Å²) in [4.78, 5) is 12.3. The number of hydrogen-bond acceptors (Lipinski definition) is 4. The number of rotatable bonds is 4. The average molecular weight is 358 g/mol. The Balaban J connectivity index is 2.33. The number of ketones is 1. The zero-order valence-corrected chi connectivity index (χ0v) is 13.3. The molecule has 0 atom stereocenters. The van der Waals surface area contributed by atoms with Crippen molar-refractivity contribution in [2.24, 2.45) is 0 Å². The van der Waals surface area contributed by atoms with Gasteiger partial charge in [0.05, 0.1) is 11.6 Å². The summed E-state index contributed by atoms with van der Waals surface area (Å²) in [7, 11) is 1.54. The van der Waals surface area contributed by atoms with Crippen LogP contribution in [0.3, 0.4) is 0 Å². The zero-order valence-electron chi connectivity index (χ0n) is 11.7. The van der Waals surface area contributed by atoms with Crippen LogP contribution < -0.4 is 4.74 Å². The van der Waals surface area contributed by atoms with Gasteiger partial charge in [-0.15, -0.1) is 0 Å². The predicted molar refractivity (Wildman–Crippen MR) is 86.7 cm³/mol. The van der Waals surface area contributed by atoms with Crippen molar-refractivity contribution in [3.8, 4) is 17.6 Å². The van der Waals surface area contributed by atoms with Gasteiger partial charge >= 0.3 is 0 Å². The number of ether oxygens (including phenoxy) is 1. The molecule has 0 amide bonds. The third-order valence-electron chi connectivity index (χ3n) is 3.00. The van der Waals surface area contributed by atoms with Gasteiger partial charge in [-0.1, -0.05) is 6.07 Å². The molecule has 110 valence electrons. The van der Waals surface area contributed by atoms with Crippen molar-refractivity contribution >= 4 is 27.8 Å². The number of carbonyl (C=O) groups is 1. The van der Waals surface area contributed by atoms with Gasteiger partial charge in [0.2, 0.25) is 5.78 Å². The molecule has 0 spiro atoms. The Morgan fingerprint density at radius 2 is 1.95 bits per heavy atom. The average Bonchev–Trinajstić information content (AvgIpc) is 2.55. The second-order valence-corrected chi connectivity index (χ2v) is 5.29. The molecule has 1 N–H and O–H groups in total. The highest BCUT2D eigenvalue weighted by Gasteiger charge is 2.12. The molecule has 2 aromatic rings. The summed E-state index contributed by atoms with van der Waals surface area (Å²) in [5, 5.41) is 18.7. The first kappa shape index (κ1) is 15.8. The van der Waals surface area contributed by atoms with Gasteiger partial charge in [-0.3, -0.25) is 4.79 Å². The summed E-state index contributed by atoms with van der Waals surface area (Å²) in [5.74, 6) is 0.369. The number of phenols is 1. The maximum Gasteiger partial charge on any atom is 0.203 e. The molecular formula is C17H12BrNO3. The lowest BCUT2D eigenvalue weighted by Gasteiger charge is -2.03. The van der Waals surface area contributed by atoms with Gasteiger partial charge < -0.3 is 9.84 Å². The minimum Gasteiger partial charge on any atom is -0.507 e. The maximum atomic E-state index is 12.3. The molecule has 0 saturated heterocycles. The highest BCUT2D eigenvalue weighted by molar-refractivity contribution is 9.10. The van der Waals surface area contributed by atoms with Crippen molar-refractivity contribution in [3.63, 3.8) is 0 Å². The molecule has 5 heteroatoms. The number of halogens is 1. The summed E-state index contributed by atoms with van der Waals surface area (Å²) in [6, 6.07) is 13.2. The molecule has 0 heterocycles. The highest BCUT2D eigenvalue weighted by Crippen LogP contribution is 2.25. The number of Topliss-reactive ketones (excluding diaryl/α,β-unsaturated/α-hetero) is 1. The summed E-state index contributed by atoms with van der Waals surface area (Å²) in [6.07, 6.45) is 1.48. The molecule has 2 rings (SSSR count). The van der Waals surface area contributed by atoms with Gasteiger partial charge in [0, 0.05) is 5.56 Å².